The number of benzene rings is 1. The third kappa shape index (κ3) is 3.65. The Hall–Kier alpha value is -1.35. The van der Waals surface area contributed by atoms with Gasteiger partial charge in [0.2, 0.25) is 0 Å². The van der Waals surface area contributed by atoms with Crippen LogP contribution in [-0.2, 0) is 25.9 Å². The Morgan fingerprint density at radius 3 is 2.38 bits per heavy atom. The van der Waals surface area contributed by atoms with Crippen LogP contribution in [-0.4, -0.2) is 28.3 Å². The minimum atomic E-state index is -4.62. The molecule has 0 saturated heterocycles. The molecule has 1 aromatic carbocycles. The van der Waals surface area contributed by atoms with Crippen molar-refractivity contribution >= 4 is 19.7 Å². The summed E-state index contributed by atoms with van der Waals surface area (Å²) in [5.41, 5.74) is -1.18. The fraction of sp³-hybridized carbons (Fsp3) is 0.333. The van der Waals surface area contributed by atoms with E-state index in [1.54, 1.807) is 0 Å². The number of rotatable bonds is 1. The monoisotopic (exact) mass is 340 g/mol. The van der Waals surface area contributed by atoms with Crippen LogP contribution in [0.2, 0.25) is 0 Å². The fourth-order valence-corrected chi connectivity index (χ4v) is 5.82. The summed E-state index contributed by atoms with van der Waals surface area (Å²) in [6.45, 7) is 0. The highest BCUT2D eigenvalue weighted by atomic mass is 32.2. The van der Waals surface area contributed by atoms with E-state index in [0.29, 0.717) is 6.07 Å². The van der Waals surface area contributed by atoms with Crippen molar-refractivity contribution in [3.63, 3.8) is 0 Å². The minimum absolute atomic E-state index is 0.169. The zero-order valence-corrected chi connectivity index (χ0v) is 12.2. The number of hydrogen-bond acceptors (Lipinski definition) is 4. The Balaban J connectivity index is 2.54. The zero-order chi connectivity index (χ0) is 15.9. The van der Waals surface area contributed by atoms with Crippen LogP contribution in [0.1, 0.15) is 16.4 Å². The highest BCUT2D eigenvalue weighted by Crippen LogP contribution is 2.34. The van der Waals surface area contributed by atoms with E-state index in [-0.39, 0.29) is 5.56 Å². The summed E-state index contributed by atoms with van der Waals surface area (Å²) < 4.78 is 85.4. The van der Waals surface area contributed by atoms with Gasteiger partial charge in [-0.1, -0.05) is 24.3 Å². The molecule has 0 bridgehead atoms. The normalized spacial score (nSPS) is 24.4. The topological polar surface area (TPSA) is 68.3 Å². The molecule has 1 aliphatic heterocycles. The highest BCUT2D eigenvalue weighted by Gasteiger charge is 2.35. The summed E-state index contributed by atoms with van der Waals surface area (Å²) in [5, 5.41) is -0.710. The van der Waals surface area contributed by atoms with Crippen LogP contribution >= 0.6 is 0 Å². The van der Waals surface area contributed by atoms with Crippen molar-refractivity contribution in [3.05, 3.63) is 46.9 Å². The molecule has 2 rings (SSSR count). The predicted octanol–water partition coefficient (Wildman–Crippen LogP) is 2.10. The molecule has 0 N–H and O–H groups in total. The first-order valence-electron chi connectivity index (χ1n) is 5.79. The van der Waals surface area contributed by atoms with Crippen molar-refractivity contribution < 1.29 is 30.0 Å². The smallest absolute Gasteiger partial charge is 0.228 e. The molecule has 0 amide bonds. The first kappa shape index (κ1) is 16.0. The summed E-state index contributed by atoms with van der Waals surface area (Å²) in [4.78, 5) is 0. The molecule has 1 aromatic rings. The molecule has 1 aliphatic rings. The van der Waals surface area contributed by atoms with E-state index in [0.717, 1.165) is 23.6 Å². The third-order valence-corrected chi connectivity index (χ3v) is 6.61. The van der Waals surface area contributed by atoms with Crippen molar-refractivity contribution in [1.82, 2.24) is 0 Å². The lowest BCUT2D eigenvalue weighted by atomic mass is 10.1. The maximum Gasteiger partial charge on any atom is 0.416 e. The van der Waals surface area contributed by atoms with Gasteiger partial charge >= 0.3 is 6.18 Å². The molecule has 0 radical (unpaired) electrons. The molecule has 0 fully saturated rings. The van der Waals surface area contributed by atoms with Crippen LogP contribution < -0.4 is 0 Å². The van der Waals surface area contributed by atoms with E-state index >= 15 is 0 Å². The van der Waals surface area contributed by atoms with Gasteiger partial charge in [-0.25, -0.2) is 16.8 Å². The largest absolute Gasteiger partial charge is 0.416 e. The highest BCUT2D eigenvalue weighted by molar-refractivity contribution is 7.97. The molecule has 21 heavy (non-hydrogen) atoms. The van der Waals surface area contributed by atoms with E-state index in [4.69, 9.17) is 0 Å². The van der Waals surface area contributed by atoms with Crippen LogP contribution in [0.4, 0.5) is 13.2 Å². The molecule has 0 spiro atoms. The van der Waals surface area contributed by atoms with Gasteiger partial charge in [-0.2, -0.15) is 13.2 Å². The predicted molar refractivity (Wildman–Crippen MR) is 70.9 cm³/mol. The molecule has 0 aliphatic carbocycles. The van der Waals surface area contributed by atoms with Crippen molar-refractivity contribution in [3.8, 4) is 0 Å². The third-order valence-electron chi connectivity index (χ3n) is 3.04. The second kappa shape index (κ2) is 5.13. The Bertz CT molecular complexity index is 777. The molecule has 1 unspecified atom stereocenters. The number of sulfone groups is 2. The molecule has 0 aromatic heterocycles. The minimum Gasteiger partial charge on any atom is -0.228 e. The van der Waals surface area contributed by atoms with E-state index < -0.39 is 48.2 Å². The van der Waals surface area contributed by atoms with Gasteiger partial charge in [-0.15, -0.1) is 0 Å². The van der Waals surface area contributed by atoms with E-state index in [2.05, 4.69) is 0 Å². The second-order valence-corrected chi connectivity index (χ2v) is 8.80. The van der Waals surface area contributed by atoms with Gasteiger partial charge in [0.1, 0.15) is 5.25 Å². The van der Waals surface area contributed by atoms with Crippen LogP contribution in [0, 0.1) is 0 Å². The van der Waals surface area contributed by atoms with Crippen molar-refractivity contribution in [2.24, 2.45) is 0 Å². The number of alkyl halides is 3. The Morgan fingerprint density at radius 1 is 1.10 bits per heavy atom. The van der Waals surface area contributed by atoms with Crippen molar-refractivity contribution in [2.45, 2.75) is 11.4 Å². The molecular formula is C12H11F3O4S2. The first-order chi connectivity index (χ1) is 9.51. The summed E-state index contributed by atoms with van der Waals surface area (Å²) in [7, 11) is -7.66. The van der Waals surface area contributed by atoms with Crippen LogP contribution in [0.3, 0.4) is 0 Å². The van der Waals surface area contributed by atoms with Crippen molar-refractivity contribution in [1.29, 1.82) is 0 Å². The van der Waals surface area contributed by atoms with Gasteiger partial charge in [-0.05, 0) is 11.6 Å². The van der Waals surface area contributed by atoms with Gasteiger partial charge in [0.25, 0.3) is 0 Å². The van der Waals surface area contributed by atoms with Crippen LogP contribution in [0.15, 0.2) is 35.7 Å². The molecule has 1 heterocycles. The van der Waals surface area contributed by atoms with Gasteiger partial charge in [0.05, 0.1) is 17.1 Å². The summed E-state index contributed by atoms with van der Waals surface area (Å²) in [5.74, 6) is -1.28. The lowest BCUT2D eigenvalue weighted by molar-refractivity contribution is -0.137. The number of hydrogen-bond donors (Lipinski definition) is 0. The van der Waals surface area contributed by atoms with Gasteiger partial charge in [-0.3, -0.25) is 0 Å². The average molecular weight is 340 g/mol. The number of halogens is 3. The second-order valence-electron chi connectivity index (χ2n) is 4.64. The van der Waals surface area contributed by atoms with Crippen LogP contribution in [0.5, 0.6) is 0 Å². The molecule has 4 nitrogen and oxygen atoms in total. The van der Waals surface area contributed by atoms with Crippen LogP contribution in [0.25, 0.3) is 0 Å². The lowest BCUT2D eigenvalue weighted by Gasteiger charge is -2.16. The first-order valence-corrected chi connectivity index (χ1v) is 9.22. The Kier molecular flexibility index (Phi) is 3.92. The Labute approximate surface area is 120 Å². The van der Waals surface area contributed by atoms with Gasteiger partial charge in [0, 0.05) is 5.41 Å². The molecule has 0 saturated carbocycles. The van der Waals surface area contributed by atoms with E-state index in [9.17, 15) is 30.0 Å². The van der Waals surface area contributed by atoms with E-state index in [1.165, 1.54) is 6.07 Å². The molecule has 9 heteroatoms. The van der Waals surface area contributed by atoms with Gasteiger partial charge < -0.3 is 0 Å². The summed E-state index contributed by atoms with van der Waals surface area (Å²) in [6, 6.07) is 3.75. The standard InChI is InChI=1S/C12H11F3O4S2/c13-12(14,15)10-4-1-3-9(7-10)11-8-20(16,17)5-2-6-21(11,18)19/h1-5,7,11H,6,8H2. The summed E-state index contributed by atoms with van der Waals surface area (Å²) >= 11 is 0. The Morgan fingerprint density at radius 2 is 1.76 bits per heavy atom. The SMILES string of the molecule is O=S1(=O)C=CCS(=O)(=O)C(c2cccc(C(F)(F)F)c2)C1. The van der Waals surface area contributed by atoms with E-state index in [1.807, 2.05) is 0 Å². The van der Waals surface area contributed by atoms with Gasteiger partial charge in [0.15, 0.2) is 19.7 Å². The molecule has 1 atom stereocenters. The zero-order valence-electron chi connectivity index (χ0n) is 10.5. The molecular weight excluding hydrogens is 329 g/mol. The maximum absolute atomic E-state index is 12.7. The fourth-order valence-electron chi connectivity index (χ4n) is 2.03. The van der Waals surface area contributed by atoms with Crippen molar-refractivity contribution in [2.75, 3.05) is 11.5 Å². The average Bonchev–Trinajstić information content (AvgIpc) is 2.44. The molecule has 116 valence electrons. The summed E-state index contributed by atoms with van der Waals surface area (Å²) in [6.07, 6.45) is -3.63. The lowest BCUT2D eigenvalue weighted by Crippen LogP contribution is -2.21. The maximum atomic E-state index is 12.7. The quantitative estimate of drug-likeness (QED) is 0.785.